The van der Waals surface area contributed by atoms with Gasteiger partial charge in [0, 0.05) is 30.3 Å². The molecule has 0 spiro atoms. The molecule has 1 N–H and O–H groups in total. The van der Waals surface area contributed by atoms with Crippen molar-refractivity contribution in [3.05, 3.63) is 89.2 Å². The average Bonchev–Trinajstić information content (AvgIpc) is 2.74. The van der Waals surface area contributed by atoms with E-state index < -0.39 is 5.91 Å². The summed E-state index contributed by atoms with van der Waals surface area (Å²) in [4.78, 5) is 31.3. The molecule has 0 aliphatic heterocycles. The number of carbonyl (C=O) groups excluding carboxylic acids is 2. The summed E-state index contributed by atoms with van der Waals surface area (Å²) in [5.74, 6) is -0.632. The molecule has 0 atom stereocenters. The number of benzene rings is 2. The maximum absolute atomic E-state index is 13.0. The zero-order chi connectivity index (χ0) is 20.8. The van der Waals surface area contributed by atoms with Crippen LogP contribution in [0.3, 0.4) is 0 Å². The molecule has 0 unspecified atom stereocenters. The molecule has 1 aromatic heterocycles. The first kappa shape index (κ1) is 19.8. The minimum atomic E-state index is -0.402. The molecule has 0 fully saturated rings. The van der Waals surface area contributed by atoms with Crippen LogP contribution in [0.25, 0.3) is 0 Å². The van der Waals surface area contributed by atoms with Crippen LogP contribution in [-0.2, 0) is 0 Å². The Balaban J connectivity index is 1.83. The number of nitrogens with one attached hydrogen (secondary N) is 1. The Labute approximate surface area is 169 Å². The summed E-state index contributed by atoms with van der Waals surface area (Å²) >= 11 is 0. The monoisotopic (exact) mass is 384 g/mol. The number of aromatic nitrogens is 1. The number of hydrogen-bond donors (Lipinski definition) is 1. The number of nitrogens with zero attached hydrogens (tertiary/aromatic N) is 3. The second-order valence-corrected chi connectivity index (χ2v) is 6.50. The lowest BCUT2D eigenvalue weighted by atomic mass is 10.1. The second kappa shape index (κ2) is 8.81. The molecule has 2 amide bonds. The standard InChI is InChI=1S/C23H20N4O2/c1-3-27(21-9-4-6-16(2)10-21)23(29)19-12-18(14-25-15-19)22(28)26-20-8-5-7-17(11-20)13-24/h4-12,14-15H,3H2,1-2H3,(H,26,28). The third kappa shape index (κ3) is 4.66. The van der Waals surface area contributed by atoms with Gasteiger partial charge in [-0.15, -0.1) is 0 Å². The molecule has 3 rings (SSSR count). The van der Waals surface area contributed by atoms with E-state index in [2.05, 4.69) is 10.3 Å². The average molecular weight is 384 g/mol. The minimum Gasteiger partial charge on any atom is -0.322 e. The molecule has 0 aliphatic carbocycles. The van der Waals surface area contributed by atoms with Crippen molar-refractivity contribution in [2.45, 2.75) is 13.8 Å². The number of anilines is 2. The first-order valence-electron chi connectivity index (χ1n) is 9.17. The van der Waals surface area contributed by atoms with Crippen LogP contribution in [0.4, 0.5) is 11.4 Å². The van der Waals surface area contributed by atoms with Crippen LogP contribution < -0.4 is 10.2 Å². The fraction of sp³-hybridized carbons (Fsp3) is 0.130. The van der Waals surface area contributed by atoms with Gasteiger partial charge in [-0.1, -0.05) is 18.2 Å². The molecule has 1 heterocycles. The van der Waals surface area contributed by atoms with E-state index in [-0.39, 0.29) is 11.5 Å². The van der Waals surface area contributed by atoms with Crippen LogP contribution in [0.5, 0.6) is 0 Å². The van der Waals surface area contributed by atoms with E-state index >= 15 is 0 Å². The van der Waals surface area contributed by atoms with Crippen molar-refractivity contribution in [3.8, 4) is 6.07 Å². The molecule has 144 valence electrons. The van der Waals surface area contributed by atoms with Gasteiger partial charge in [0.25, 0.3) is 11.8 Å². The van der Waals surface area contributed by atoms with Crippen molar-refractivity contribution in [3.63, 3.8) is 0 Å². The van der Waals surface area contributed by atoms with Crippen molar-refractivity contribution in [2.75, 3.05) is 16.8 Å². The Morgan fingerprint density at radius 3 is 2.55 bits per heavy atom. The van der Waals surface area contributed by atoms with Crippen LogP contribution >= 0.6 is 0 Å². The van der Waals surface area contributed by atoms with Gasteiger partial charge in [0.15, 0.2) is 0 Å². The molecular weight excluding hydrogens is 364 g/mol. The minimum absolute atomic E-state index is 0.230. The van der Waals surface area contributed by atoms with Crippen LogP contribution in [0.15, 0.2) is 67.0 Å². The van der Waals surface area contributed by atoms with E-state index in [9.17, 15) is 9.59 Å². The summed E-state index contributed by atoms with van der Waals surface area (Å²) in [6, 6.07) is 17.9. The smallest absolute Gasteiger partial charge is 0.259 e. The van der Waals surface area contributed by atoms with Crippen molar-refractivity contribution < 1.29 is 9.59 Å². The lowest BCUT2D eigenvalue weighted by Gasteiger charge is -2.21. The summed E-state index contributed by atoms with van der Waals surface area (Å²) in [6.07, 6.45) is 2.86. The summed E-state index contributed by atoms with van der Waals surface area (Å²) in [5.41, 5.74) is 3.38. The molecule has 0 aliphatic rings. The number of hydrogen-bond acceptors (Lipinski definition) is 4. The van der Waals surface area contributed by atoms with Gasteiger partial charge in [-0.3, -0.25) is 14.6 Å². The molecule has 0 saturated carbocycles. The first-order chi connectivity index (χ1) is 14.0. The number of amides is 2. The van der Waals surface area contributed by atoms with Crippen molar-refractivity contribution in [1.29, 1.82) is 5.26 Å². The van der Waals surface area contributed by atoms with E-state index in [1.54, 1.807) is 29.2 Å². The van der Waals surface area contributed by atoms with E-state index in [4.69, 9.17) is 5.26 Å². The number of nitriles is 1. The van der Waals surface area contributed by atoms with E-state index in [1.165, 1.54) is 18.5 Å². The lowest BCUT2D eigenvalue weighted by molar-refractivity contribution is 0.0988. The first-order valence-corrected chi connectivity index (χ1v) is 9.17. The zero-order valence-electron chi connectivity index (χ0n) is 16.2. The highest BCUT2D eigenvalue weighted by molar-refractivity contribution is 6.09. The predicted octanol–water partition coefficient (Wildman–Crippen LogP) is 4.18. The number of aryl methyl sites for hydroxylation is 1. The fourth-order valence-electron chi connectivity index (χ4n) is 2.95. The highest BCUT2D eigenvalue weighted by Crippen LogP contribution is 2.19. The van der Waals surface area contributed by atoms with Crippen molar-refractivity contribution in [1.82, 2.24) is 4.98 Å². The molecule has 29 heavy (non-hydrogen) atoms. The van der Waals surface area contributed by atoms with Gasteiger partial charge in [0.05, 0.1) is 22.8 Å². The van der Waals surface area contributed by atoms with Gasteiger partial charge >= 0.3 is 0 Å². The van der Waals surface area contributed by atoms with Crippen LogP contribution in [0.1, 0.15) is 38.8 Å². The Bertz CT molecular complexity index is 1100. The Morgan fingerprint density at radius 2 is 1.83 bits per heavy atom. The third-order valence-corrected chi connectivity index (χ3v) is 4.37. The molecule has 0 radical (unpaired) electrons. The quantitative estimate of drug-likeness (QED) is 0.715. The highest BCUT2D eigenvalue weighted by Gasteiger charge is 2.18. The maximum Gasteiger partial charge on any atom is 0.259 e. The fourth-order valence-corrected chi connectivity index (χ4v) is 2.95. The van der Waals surface area contributed by atoms with Crippen molar-refractivity contribution >= 4 is 23.2 Å². The zero-order valence-corrected chi connectivity index (χ0v) is 16.2. The number of pyridine rings is 1. The van der Waals surface area contributed by atoms with Gasteiger partial charge in [-0.05, 0) is 55.8 Å². The van der Waals surface area contributed by atoms with E-state index in [1.807, 2.05) is 44.2 Å². The molecule has 0 bridgehead atoms. The van der Waals surface area contributed by atoms with Crippen LogP contribution in [0.2, 0.25) is 0 Å². The third-order valence-electron chi connectivity index (χ3n) is 4.37. The normalized spacial score (nSPS) is 10.1. The van der Waals surface area contributed by atoms with Crippen molar-refractivity contribution in [2.24, 2.45) is 0 Å². The summed E-state index contributed by atoms with van der Waals surface area (Å²) in [6.45, 7) is 4.35. The maximum atomic E-state index is 13.0. The van der Waals surface area contributed by atoms with Crippen LogP contribution in [-0.4, -0.2) is 23.3 Å². The Morgan fingerprint density at radius 1 is 1.07 bits per heavy atom. The SMILES string of the molecule is CCN(C(=O)c1cncc(C(=O)Nc2cccc(C#N)c2)c1)c1cccc(C)c1. The Hall–Kier alpha value is -3.98. The largest absolute Gasteiger partial charge is 0.322 e. The van der Waals surface area contributed by atoms with Gasteiger partial charge in [-0.25, -0.2) is 0 Å². The highest BCUT2D eigenvalue weighted by atomic mass is 16.2. The molecule has 6 heteroatoms. The number of rotatable bonds is 5. The van der Waals surface area contributed by atoms with E-state index in [0.717, 1.165) is 11.3 Å². The summed E-state index contributed by atoms with van der Waals surface area (Å²) in [7, 11) is 0. The topological polar surface area (TPSA) is 86.1 Å². The molecule has 2 aromatic carbocycles. The molecular formula is C23H20N4O2. The van der Waals surface area contributed by atoms with Gasteiger partial charge in [-0.2, -0.15) is 5.26 Å². The Kier molecular flexibility index (Phi) is 6.00. The lowest BCUT2D eigenvalue weighted by Crippen LogP contribution is -2.31. The number of carbonyl (C=O) groups is 2. The molecule has 0 saturated heterocycles. The van der Waals surface area contributed by atoms with Gasteiger partial charge < -0.3 is 10.2 Å². The summed E-state index contributed by atoms with van der Waals surface area (Å²) in [5, 5.41) is 11.7. The van der Waals surface area contributed by atoms with E-state index in [0.29, 0.717) is 23.4 Å². The molecule has 3 aromatic rings. The van der Waals surface area contributed by atoms with Gasteiger partial charge in [0.1, 0.15) is 0 Å². The predicted molar refractivity (Wildman–Crippen MR) is 112 cm³/mol. The van der Waals surface area contributed by atoms with Gasteiger partial charge in [0.2, 0.25) is 0 Å². The van der Waals surface area contributed by atoms with Crippen LogP contribution in [0, 0.1) is 18.3 Å². The molecule has 6 nitrogen and oxygen atoms in total. The second-order valence-electron chi connectivity index (χ2n) is 6.50. The summed E-state index contributed by atoms with van der Waals surface area (Å²) < 4.78 is 0.